The van der Waals surface area contributed by atoms with Gasteiger partial charge in [0.25, 0.3) is 0 Å². The Morgan fingerprint density at radius 3 is 2.72 bits per heavy atom. The van der Waals surface area contributed by atoms with Gasteiger partial charge in [-0.05, 0) is 68.1 Å². The number of rotatable bonds is 7. The van der Waals surface area contributed by atoms with Crippen molar-refractivity contribution in [2.24, 2.45) is 29.6 Å². The zero-order valence-electron chi connectivity index (χ0n) is 19.6. The monoisotopic (exact) mass is 437 g/mol. The van der Waals surface area contributed by atoms with Crippen molar-refractivity contribution in [3.05, 3.63) is 41.2 Å². The Hall–Kier alpha value is -2.63. The van der Waals surface area contributed by atoms with Gasteiger partial charge >= 0.3 is 5.97 Å². The molecule has 2 aliphatic carbocycles. The smallest absolute Gasteiger partial charge is 0.337 e. The van der Waals surface area contributed by atoms with Crippen molar-refractivity contribution in [2.45, 2.75) is 52.9 Å². The van der Waals surface area contributed by atoms with Crippen molar-refractivity contribution >= 4 is 22.9 Å². The predicted molar refractivity (Wildman–Crippen MR) is 125 cm³/mol. The van der Waals surface area contributed by atoms with Gasteiger partial charge in [-0.3, -0.25) is 4.79 Å². The molecule has 1 aromatic heterocycles. The second kappa shape index (κ2) is 9.47. The molecule has 32 heavy (non-hydrogen) atoms. The minimum atomic E-state index is -0.343. The molecule has 1 fully saturated rings. The molecule has 0 radical (unpaired) electrons. The van der Waals surface area contributed by atoms with Gasteiger partial charge in [0.1, 0.15) is 5.82 Å². The van der Waals surface area contributed by atoms with Crippen LogP contribution in [0.2, 0.25) is 0 Å². The molecule has 0 bridgehead atoms. The van der Waals surface area contributed by atoms with E-state index in [1.807, 2.05) is 6.07 Å². The molecule has 1 saturated carbocycles. The summed E-state index contributed by atoms with van der Waals surface area (Å²) >= 11 is 0. The molecule has 4 rings (SSSR count). The van der Waals surface area contributed by atoms with Crippen LogP contribution in [0.5, 0.6) is 0 Å². The summed E-state index contributed by atoms with van der Waals surface area (Å²) in [7, 11) is 1.39. The van der Waals surface area contributed by atoms with Gasteiger partial charge in [-0.15, -0.1) is 0 Å². The highest BCUT2D eigenvalue weighted by Crippen LogP contribution is 2.39. The zero-order valence-corrected chi connectivity index (χ0v) is 19.6. The van der Waals surface area contributed by atoms with Crippen molar-refractivity contribution in [3.63, 3.8) is 0 Å². The summed E-state index contributed by atoms with van der Waals surface area (Å²) in [5.41, 5.74) is 3.62. The highest BCUT2D eigenvalue weighted by molar-refractivity contribution is 5.93. The number of ether oxygens (including phenoxy) is 1. The number of nitrogens with zero attached hydrogens (tertiary/aromatic N) is 1. The molecule has 3 atom stereocenters. The van der Waals surface area contributed by atoms with E-state index < -0.39 is 0 Å². The van der Waals surface area contributed by atoms with Crippen LogP contribution in [-0.4, -0.2) is 35.5 Å². The lowest BCUT2D eigenvalue weighted by Gasteiger charge is -2.37. The number of benzene rings is 1. The van der Waals surface area contributed by atoms with Crippen LogP contribution >= 0.6 is 0 Å². The number of hydrogen-bond donors (Lipinski definition) is 2. The molecule has 2 N–H and O–H groups in total. The van der Waals surface area contributed by atoms with Crippen molar-refractivity contribution in [3.8, 4) is 0 Å². The molecule has 0 aliphatic heterocycles. The molecule has 0 spiro atoms. The highest BCUT2D eigenvalue weighted by atomic mass is 16.5. The minimum absolute atomic E-state index is 0.237. The Morgan fingerprint density at radius 1 is 1.28 bits per heavy atom. The van der Waals surface area contributed by atoms with E-state index in [4.69, 9.17) is 9.72 Å². The molecule has 6 heteroatoms. The maximum atomic E-state index is 12.3. The van der Waals surface area contributed by atoms with E-state index in [1.54, 1.807) is 12.1 Å². The first-order valence-corrected chi connectivity index (χ1v) is 11.9. The van der Waals surface area contributed by atoms with Crippen molar-refractivity contribution < 1.29 is 14.3 Å². The second-order valence-electron chi connectivity index (χ2n) is 9.90. The zero-order chi connectivity index (χ0) is 22.8. The van der Waals surface area contributed by atoms with E-state index in [0.717, 1.165) is 49.1 Å². The number of carbonyl (C=O) groups excluding carboxylic acids is 2. The first-order valence-electron chi connectivity index (χ1n) is 11.9. The summed E-state index contributed by atoms with van der Waals surface area (Å²) < 4.78 is 4.82. The van der Waals surface area contributed by atoms with Gasteiger partial charge < -0.3 is 15.0 Å². The Bertz CT molecular complexity index is 1020. The lowest BCUT2D eigenvalue weighted by atomic mass is 9.69. The molecule has 1 aromatic carbocycles. The third-order valence-electron chi connectivity index (χ3n) is 7.46. The van der Waals surface area contributed by atoms with E-state index >= 15 is 0 Å². The van der Waals surface area contributed by atoms with Crippen LogP contribution in [0.25, 0.3) is 11.0 Å². The number of esters is 1. The fourth-order valence-electron chi connectivity index (χ4n) is 5.18. The van der Waals surface area contributed by atoms with E-state index in [2.05, 4.69) is 37.1 Å². The van der Waals surface area contributed by atoms with Crippen molar-refractivity contribution in [1.82, 2.24) is 15.3 Å². The molecule has 2 aliphatic rings. The Balaban J connectivity index is 1.46. The lowest BCUT2D eigenvalue weighted by molar-refractivity contribution is -0.127. The van der Waals surface area contributed by atoms with E-state index in [9.17, 15) is 9.59 Å². The van der Waals surface area contributed by atoms with Crippen LogP contribution in [0.3, 0.4) is 0 Å². The van der Waals surface area contributed by atoms with E-state index in [1.165, 1.54) is 19.1 Å². The third kappa shape index (κ3) is 4.74. The molecule has 3 unspecified atom stereocenters. The quantitative estimate of drug-likeness (QED) is 0.487. The molecule has 1 heterocycles. The van der Waals surface area contributed by atoms with Crippen LogP contribution in [0.15, 0.2) is 29.8 Å². The lowest BCUT2D eigenvalue weighted by Crippen LogP contribution is -2.40. The number of imidazole rings is 1. The number of aromatic nitrogens is 2. The average Bonchev–Trinajstić information content (AvgIpc) is 3.13. The summed E-state index contributed by atoms with van der Waals surface area (Å²) in [6.45, 7) is 7.52. The minimum Gasteiger partial charge on any atom is -0.465 e. The van der Waals surface area contributed by atoms with E-state index in [-0.39, 0.29) is 17.8 Å². The fraction of sp³-hybridized carbons (Fsp3) is 0.577. The van der Waals surface area contributed by atoms with Gasteiger partial charge in [-0.2, -0.15) is 0 Å². The number of carbonyl (C=O) groups is 2. The predicted octanol–water partition coefficient (Wildman–Crippen LogP) is 4.66. The molecule has 1 amide bonds. The number of methoxy groups -OCH3 is 1. The van der Waals surface area contributed by atoms with Crippen LogP contribution in [-0.2, 0) is 16.0 Å². The number of allylic oxidation sites excluding steroid dienone is 1. The van der Waals surface area contributed by atoms with Crippen LogP contribution < -0.4 is 5.32 Å². The summed E-state index contributed by atoms with van der Waals surface area (Å²) in [6.07, 6.45) is 7.59. The Morgan fingerprint density at radius 2 is 2.06 bits per heavy atom. The van der Waals surface area contributed by atoms with Crippen LogP contribution in [0.4, 0.5) is 0 Å². The van der Waals surface area contributed by atoms with Crippen molar-refractivity contribution in [1.29, 1.82) is 0 Å². The van der Waals surface area contributed by atoms with Gasteiger partial charge in [0.2, 0.25) is 5.91 Å². The number of fused-ring (bicyclic) bond motifs is 1. The fourth-order valence-corrected chi connectivity index (χ4v) is 5.18. The Kier molecular flexibility index (Phi) is 6.68. The topological polar surface area (TPSA) is 84.1 Å². The van der Waals surface area contributed by atoms with Gasteiger partial charge in [0.05, 0.1) is 23.7 Å². The summed E-state index contributed by atoms with van der Waals surface area (Å²) in [4.78, 5) is 32.3. The second-order valence-corrected chi connectivity index (χ2v) is 9.90. The molecule has 0 saturated heterocycles. The highest BCUT2D eigenvalue weighted by Gasteiger charge is 2.33. The van der Waals surface area contributed by atoms with Crippen LogP contribution in [0, 0.1) is 29.6 Å². The molecule has 6 nitrogen and oxygen atoms in total. The first kappa shape index (κ1) is 22.6. The van der Waals surface area contributed by atoms with Crippen molar-refractivity contribution in [2.75, 3.05) is 13.7 Å². The molecular formula is C26H35N3O3. The number of amides is 1. The average molecular weight is 438 g/mol. The van der Waals surface area contributed by atoms with Gasteiger partial charge in [-0.25, -0.2) is 9.78 Å². The largest absolute Gasteiger partial charge is 0.465 e. The maximum absolute atomic E-state index is 12.3. The number of aromatic amines is 1. The molecule has 172 valence electrons. The van der Waals surface area contributed by atoms with Gasteiger partial charge in [0, 0.05) is 18.9 Å². The normalized spacial score (nSPS) is 23.7. The maximum Gasteiger partial charge on any atom is 0.337 e. The number of H-pyrrole nitrogens is 1. The third-order valence-corrected chi connectivity index (χ3v) is 7.46. The van der Waals surface area contributed by atoms with Gasteiger partial charge in [-0.1, -0.05) is 31.9 Å². The van der Waals surface area contributed by atoms with Gasteiger partial charge in [0.15, 0.2) is 0 Å². The Labute approximate surface area is 190 Å². The SMILES string of the molecule is COC(=O)c1ccc2nc(CC3CC(C(C)C)C(CNC(=O)C4CCC4)C=C3C)[nH]c2c1. The summed E-state index contributed by atoms with van der Waals surface area (Å²) in [6, 6.07) is 5.42. The number of hydrogen-bond acceptors (Lipinski definition) is 4. The standard InChI is InChI=1S/C26H35N3O3/c1-15(2)21-11-19(16(3)10-20(21)14-27-25(30)17-6-5-7-17)13-24-28-22-9-8-18(26(31)32-4)12-23(22)29-24/h8-10,12,15,17,19-21H,5-7,11,13-14H2,1-4H3,(H,27,30)(H,28,29). The van der Waals surface area contributed by atoms with Crippen LogP contribution in [0.1, 0.15) is 62.6 Å². The summed E-state index contributed by atoms with van der Waals surface area (Å²) in [5, 5.41) is 3.22. The number of nitrogens with one attached hydrogen (secondary N) is 2. The first-order chi connectivity index (χ1) is 15.4. The summed E-state index contributed by atoms with van der Waals surface area (Å²) in [5.74, 6) is 2.95. The molecule has 2 aromatic rings. The van der Waals surface area contributed by atoms with E-state index in [0.29, 0.717) is 29.2 Å². The molecular weight excluding hydrogens is 402 g/mol.